The molecule has 1 heterocycles. The summed E-state index contributed by atoms with van der Waals surface area (Å²) in [5.41, 5.74) is 1.50. The lowest BCUT2D eigenvalue weighted by molar-refractivity contribution is -0.147. The molecule has 2 atom stereocenters. The number of para-hydroxylation sites is 1. The molecule has 3 aromatic carbocycles. The first-order valence-corrected chi connectivity index (χ1v) is 12.2. The average molecular weight is 560 g/mol. The number of carboxylic acid groups (broad SMARTS) is 1. The highest BCUT2D eigenvalue weighted by Gasteiger charge is 2.40. The number of fused-ring (bicyclic) bond motifs is 1. The fraction of sp³-hybridized carbons (Fsp3) is 0.286. The molecular formula is C28H27ClFNO8. The molecule has 1 aliphatic rings. The maximum absolute atomic E-state index is 14.9. The van der Waals surface area contributed by atoms with Crippen LogP contribution in [0.1, 0.15) is 29.2 Å². The minimum Gasteiger partial charge on any atom is -0.497 e. The molecule has 0 bridgehead atoms. The number of amides is 1. The van der Waals surface area contributed by atoms with Crippen LogP contribution in [0, 0.1) is 5.82 Å². The van der Waals surface area contributed by atoms with Gasteiger partial charge in [-0.25, -0.2) is 4.39 Å². The summed E-state index contributed by atoms with van der Waals surface area (Å²) in [6, 6.07) is 12.6. The van der Waals surface area contributed by atoms with Crippen LogP contribution in [0.4, 0.5) is 10.1 Å². The Bertz CT molecular complexity index is 1400. The van der Waals surface area contributed by atoms with E-state index in [1.165, 1.54) is 39.4 Å². The number of hydrogen-bond acceptors (Lipinski definition) is 7. The fourth-order valence-electron chi connectivity index (χ4n) is 4.55. The normalized spacial score (nSPS) is 16.8. The van der Waals surface area contributed by atoms with E-state index in [1.807, 2.05) is 0 Å². The molecule has 0 spiro atoms. The third kappa shape index (κ3) is 5.57. The number of ether oxygens (including phenoxy) is 5. The maximum atomic E-state index is 14.9. The van der Waals surface area contributed by atoms with Crippen LogP contribution >= 0.6 is 11.6 Å². The summed E-state index contributed by atoms with van der Waals surface area (Å²) in [4.78, 5) is 27.0. The number of anilines is 1. The van der Waals surface area contributed by atoms with Gasteiger partial charge in [-0.05, 0) is 30.3 Å². The number of hydrogen-bond donors (Lipinski definition) is 1. The van der Waals surface area contributed by atoms with E-state index in [4.69, 9.17) is 35.3 Å². The molecule has 0 saturated heterocycles. The molecule has 1 aliphatic heterocycles. The van der Waals surface area contributed by atoms with Gasteiger partial charge in [0.25, 0.3) is 5.91 Å². The van der Waals surface area contributed by atoms with Crippen molar-refractivity contribution < 1.29 is 42.8 Å². The minimum atomic E-state index is -1.43. The van der Waals surface area contributed by atoms with Crippen molar-refractivity contribution in [2.24, 2.45) is 0 Å². The van der Waals surface area contributed by atoms with E-state index in [-0.39, 0.29) is 17.3 Å². The van der Waals surface area contributed by atoms with Crippen LogP contribution < -0.4 is 23.8 Å². The van der Waals surface area contributed by atoms with Crippen molar-refractivity contribution in [3.8, 4) is 23.0 Å². The van der Waals surface area contributed by atoms with Gasteiger partial charge in [-0.2, -0.15) is 0 Å². The lowest BCUT2D eigenvalue weighted by Gasteiger charge is -2.26. The second-order valence-electron chi connectivity index (χ2n) is 8.61. The van der Waals surface area contributed by atoms with Gasteiger partial charge in [0.15, 0.2) is 11.5 Å². The zero-order chi connectivity index (χ0) is 28.3. The summed E-state index contributed by atoms with van der Waals surface area (Å²) >= 11 is 6.21. The van der Waals surface area contributed by atoms with Gasteiger partial charge in [0, 0.05) is 22.8 Å². The van der Waals surface area contributed by atoms with E-state index in [0.717, 1.165) is 6.07 Å². The standard InChI is InChI=1S/C28H27ClFNO8/c1-35-16-9-8-15(23(10-16)37-3)14-31-21-12-20(30)19(29)11-18(21)26(39-24(28(31)34)13-25(32)33)17-6-5-7-22(36-2)27(17)38-4/h5-12,24,26H,13-14H2,1-4H3,(H,32,33)/t24-,26-/m1/s1. The van der Waals surface area contributed by atoms with Crippen molar-refractivity contribution in [1.29, 1.82) is 0 Å². The third-order valence-corrected chi connectivity index (χ3v) is 6.67. The number of halogens is 2. The van der Waals surface area contributed by atoms with Crippen LogP contribution in [0.5, 0.6) is 23.0 Å². The lowest BCUT2D eigenvalue weighted by Crippen LogP contribution is -2.40. The Hall–Kier alpha value is -4.02. The van der Waals surface area contributed by atoms with Crippen LogP contribution in [0.15, 0.2) is 48.5 Å². The van der Waals surface area contributed by atoms with Crippen molar-refractivity contribution in [2.45, 2.75) is 25.2 Å². The second-order valence-corrected chi connectivity index (χ2v) is 9.02. The highest BCUT2D eigenvalue weighted by Crippen LogP contribution is 2.46. The quantitative estimate of drug-likeness (QED) is 0.390. The fourth-order valence-corrected chi connectivity index (χ4v) is 4.73. The molecule has 0 fully saturated rings. The number of carbonyl (C=O) groups is 2. The molecule has 1 amide bonds. The molecule has 9 nitrogen and oxygen atoms in total. The topological polar surface area (TPSA) is 104 Å². The van der Waals surface area contributed by atoms with Crippen molar-refractivity contribution >= 4 is 29.2 Å². The number of carbonyl (C=O) groups excluding carboxylic acids is 1. The summed E-state index contributed by atoms with van der Waals surface area (Å²) in [6.07, 6.45) is -3.12. The number of carboxylic acids is 1. The monoisotopic (exact) mass is 559 g/mol. The van der Waals surface area contributed by atoms with Crippen LogP contribution in [0.3, 0.4) is 0 Å². The van der Waals surface area contributed by atoms with Crippen molar-refractivity contribution in [3.63, 3.8) is 0 Å². The van der Waals surface area contributed by atoms with E-state index in [1.54, 1.807) is 36.4 Å². The molecule has 11 heteroatoms. The van der Waals surface area contributed by atoms with E-state index >= 15 is 0 Å². The molecule has 1 N–H and O–H groups in total. The number of aliphatic carboxylic acids is 1. The predicted molar refractivity (Wildman–Crippen MR) is 141 cm³/mol. The zero-order valence-corrected chi connectivity index (χ0v) is 22.5. The Labute approximate surface area is 229 Å². The largest absolute Gasteiger partial charge is 0.497 e. The number of methoxy groups -OCH3 is 4. The highest BCUT2D eigenvalue weighted by molar-refractivity contribution is 6.31. The molecule has 206 valence electrons. The van der Waals surface area contributed by atoms with Gasteiger partial charge in [-0.15, -0.1) is 0 Å². The van der Waals surface area contributed by atoms with Gasteiger partial charge in [-0.1, -0.05) is 23.7 Å². The van der Waals surface area contributed by atoms with Crippen LogP contribution in [0.25, 0.3) is 0 Å². The van der Waals surface area contributed by atoms with E-state index in [9.17, 15) is 19.1 Å². The number of benzene rings is 3. The van der Waals surface area contributed by atoms with Crippen LogP contribution in [0.2, 0.25) is 5.02 Å². The van der Waals surface area contributed by atoms with Crippen LogP contribution in [-0.4, -0.2) is 51.5 Å². The molecule has 39 heavy (non-hydrogen) atoms. The number of nitrogens with zero attached hydrogens (tertiary/aromatic N) is 1. The molecule has 3 aromatic rings. The third-order valence-electron chi connectivity index (χ3n) is 6.38. The number of rotatable bonds is 9. The first kappa shape index (κ1) is 28.0. The average Bonchev–Trinajstić information content (AvgIpc) is 3.03. The van der Waals surface area contributed by atoms with Gasteiger partial charge < -0.3 is 33.7 Å². The summed E-state index contributed by atoms with van der Waals surface area (Å²) in [5, 5.41) is 9.43. The molecule has 0 aromatic heterocycles. The molecule has 0 saturated carbocycles. The van der Waals surface area contributed by atoms with E-state index in [0.29, 0.717) is 39.7 Å². The van der Waals surface area contributed by atoms with Gasteiger partial charge in [0.2, 0.25) is 0 Å². The Kier molecular flexibility index (Phi) is 8.47. The van der Waals surface area contributed by atoms with Crippen molar-refractivity contribution in [3.05, 3.63) is 76.1 Å². The Morgan fingerprint density at radius 2 is 1.74 bits per heavy atom. The predicted octanol–water partition coefficient (Wildman–Crippen LogP) is 5.01. The smallest absolute Gasteiger partial charge is 0.306 e. The van der Waals surface area contributed by atoms with E-state index < -0.39 is 36.3 Å². The van der Waals surface area contributed by atoms with Crippen molar-refractivity contribution in [1.82, 2.24) is 0 Å². The first-order chi connectivity index (χ1) is 18.7. The Morgan fingerprint density at radius 1 is 1.00 bits per heavy atom. The Morgan fingerprint density at radius 3 is 2.38 bits per heavy atom. The minimum absolute atomic E-state index is 0.0818. The molecule has 0 unspecified atom stereocenters. The molecule has 4 rings (SSSR count). The van der Waals surface area contributed by atoms with Gasteiger partial charge >= 0.3 is 5.97 Å². The van der Waals surface area contributed by atoms with Crippen molar-refractivity contribution in [2.75, 3.05) is 33.3 Å². The SMILES string of the molecule is COc1ccc(CN2C(=O)[C@@H](CC(=O)O)O[C@H](c3cccc(OC)c3OC)c3cc(Cl)c(F)cc32)c(OC)c1. The second kappa shape index (κ2) is 11.8. The zero-order valence-electron chi connectivity index (χ0n) is 21.7. The molecular weight excluding hydrogens is 533 g/mol. The van der Waals surface area contributed by atoms with Gasteiger partial charge in [0.1, 0.15) is 29.5 Å². The molecule has 0 radical (unpaired) electrons. The summed E-state index contributed by atoms with van der Waals surface area (Å²) in [6.45, 7) is -0.0818. The van der Waals surface area contributed by atoms with Crippen LogP contribution in [-0.2, 0) is 20.9 Å². The lowest BCUT2D eigenvalue weighted by atomic mass is 9.97. The summed E-state index contributed by atoms with van der Waals surface area (Å²) in [7, 11) is 5.89. The first-order valence-electron chi connectivity index (χ1n) is 11.8. The Balaban J connectivity index is 1.95. The molecule has 0 aliphatic carbocycles. The van der Waals surface area contributed by atoms with E-state index in [2.05, 4.69) is 0 Å². The highest BCUT2D eigenvalue weighted by atomic mass is 35.5. The van der Waals surface area contributed by atoms with Gasteiger partial charge in [-0.3, -0.25) is 9.59 Å². The summed E-state index contributed by atoms with van der Waals surface area (Å²) < 4.78 is 42.9. The maximum Gasteiger partial charge on any atom is 0.306 e. The summed E-state index contributed by atoms with van der Waals surface area (Å²) in [5.74, 6) is -1.04. The van der Waals surface area contributed by atoms with Gasteiger partial charge in [0.05, 0.1) is 52.1 Å².